The molecule has 9 heteroatoms. The van der Waals surface area contributed by atoms with E-state index < -0.39 is 33.2 Å². The fourth-order valence-electron chi connectivity index (χ4n) is 1.60. The molecule has 0 bridgehead atoms. The molecule has 1 aromatic carbocycles. The summed E-state index contributed by atoms with van der Waals surface area (Å²) in [6.45, 7) is 0. The van der Waals surface area contributed by atoms with Gasteiger partial charge in [0.1, 0.15) is 5.82 Å². The van der Waals surface area contributed by atoms with Gasteiger partial charge in [-0.05, 0) is 30.3 Å². The zero-order valence-corrected chi connectivity index (χ0v) is 12.9. The Morgan fingerprint density at radius 2 is 1.70 bits per heavy atom. The average molecular weight is 356 g/mol. The maximum absolute atomic E-state index is 12.9. The highest BCUT2D eigenvalue weighted by Gasteiger charge is 2.21. The van der Waals surface area contributed by atoms with E-state index in [4.69, 9.17) is 10.2 Å². The van der Waals surface area contributed by atoms with Crippen molar-refractivity contribution in [2.75, 3.05) is 0 Å². The quantitative estimate of drug-likeness (QED) is 0.369. The summed E-state index contributed by atoms with van der Waals surface area (Å²) in [5.41, 5.74) is 0. The van der Waals surface area contributed by atoms with E-state index in [2.05, 4.69) is 0 Å². The maximum atomic E-state index is 12.9. The van der Waals surface area contributed by atoms with Crippen LogP contribution in [0.1, 0.15) is 9.67 Å². The van der Waals surface area contributed by atoms with Crippen molar-refractivity contribution in [3.8, 4) is 0 Å². The van der Waals surface area contributed by atoms with Crippen molar-refractivity contribution in [1.82, 2.24) is 0 Å². The van der Waals surface area contributed by atoms with Crippen LogP contribution in [0.3, 0.4) is 0 Å². The molecule has 1 heterocycles. The van der Waals surface area contributed by atoms with Gasteiger partial charge in [0.2, 0.25) is 15.6 Å². The van der Waals surface area contributed by atoms with Crippen LogP contribution in [0.15, 0.2) is 57.3 Å². The molecule has 0 fully saturated rings. The molecule has 0 spiro atoms. The molecule has 2 N–H and O–H groups in total. The number of carbonyl (C=O) groups is 2. The second-order valence-electron chi connectivity index (χ2n) is 4.30. The van der Waals surface area contributed by atoms with Crippen LogP contribution in [0.25, 0.3) is 0 Å². The largest absolute Gasteiger partial charge is 0.502 e. The van der Waals surface area contributed by atoms with Crippen LogP contribution in [0, 0.1) is 5.82 Å². The molecule has 0 saturated heterocycles. The highest BCUT2D eigenvalue weighted by Crippen LogP contribution is 2.26. The van der Waals surface area contributed by atoms with Gasteiger partial charge in [0.25, 0.3) is 0 Å². The first-order chi connectivity index (χ1) is 10.7. The number of hydrogen-bond acceptors (Lipinski definition) is 6. The van der Waals surface area contributed by atoms with Crippen LogP contribution >= 0.6 is 11.3 Å². The Morgan fingerprint density at radius 1 is 1.09 bits per heavy atom. The number of carboxylic acids is 1. The zero-order chi connectivity index (χ0) is 17.2. The van der Waals surface area contributed by atoms with Crippen molar-refractivity contribution in [3.63, 3.8) is 0 Å². The highest BCUT2D eigenvalue weighted by atomic mass is 32.2. The maximum Gasteiger partial charge on any atom is 0.371 e. The normalized spacial score (nSPS) is 12.1. The molecule has 2 rings (SSSR count). The molecule has 0 unspecified atom stereocenters. The lowest BCUT2D eigenvalue weighted by atomic mass is 10.3. The Morgan fingerprint density at radius 3 is 2.26 bits per heavy atom. The number of rotatable bonds is 5. The minimum Gasteiger partial charge on any atom is -0.502 e. The molecule has 120 valence electrons. The molecule has 0 radical (unpaired) electrons. The third kappa shape index (κ3) is 3.63. The fraction of sp³-hybridized carbons (Fsp3) is 0. The Bertz CT molecular complexity index is 894. The molecular formula is C14H9FO6S2. The summed E-state index contributed by atoms with van der Waals surface area (Å²) >= 11 is 0.785. The molecule has 0 atom stereocenters. The number of carboxylic acid groups (broad SMARTS) is 1. The Hall–Kier alpha value is -2.52. The van der Waals surface area contributed by atoms with Crippen LogP contribution in [-0.2, 0) is 14.6 Å². The van der Waals surface area contributed by atoms with Gasteiger partial charge in [-0.15, -0.1) is 11.3 Å². The fourth-order valence-corrected chi connectivity index (χ4v) is 4.04. The van der Waals surface area contributed by atoms with Gasteiger partial charge in [-0.1, -0.05) is 0 Å². The van der Waals surface area contributed by atoms with Crippen LogP contribution in [-0.4, -0.2) is 30.4 Å². The number of carbonyl (C=O) groups excluding carboxylic acids is 1. The summed E-state index contributed by atoms with van der Waals surface area (Å²) in [6, 6.07) is 5.26. The number of sulfone groups is 1. The summed E-state index contributed by atoms with van der Waals surface area (Å²) in [5, 5.41) is 18.7. The van der Waals surface area contributed by atoms with Crippen molar-refractivity contribution < 1.29 is 32.6 Å². The third-order valence-corrected chi connectivity index (χ3v) is 5.58. The molecule has 1 aromatic heterocycles. The van der Waals surface area contributed by atoms with E-state index in [0.717, 1.165) is 41.7 Å². The number of halogens is 1. The summed E-state index contributed by atoms with van der Waals surface area (Å²) in [7, 11) is -3.92. The van der Waals surface area contributed by atoms with Crippen molar-refractivity contribution in [3.05, 3.63) is 58.2 Å². The molecule has 0 saturated carbocycles. The van der Waals surface area contributed by atoms with Gasteiger partial charge in [0, 0.05) is 11.5 Å². The standard InChI is InChI=1S/C14H9FO6S2/c15-8-1-3-9(4-2-8)23(20,21)10-5-13(22-7-10)11(16)6-12(17)14(18)19/h1-7,17H,(H,18,19). The van der Waals surface area contributed by atoms with Crippen molar-refractivity contribution in [2.24, 2.45) is 0 Å². The van der Waals surface area contributed by atoms with Crippen LogP contribution in [0.5, 0.6) is 0 Å². The van der Waals surface area contributed by atoms with Gasteiger partial charge in [-0.25, -0.2) is 17.6 Å². The van der Waals surface area contributed by atoms with Crippen LogP contribution in [0.2, 0.25) is 0 Å². The van der Waals surface area contributed by atoms with E-state index in [1.807, 2.05) is 0 Å². The lowest BCUT2D eigenvalue weighted by molar-refractivity contribution is -0.135. The van der Waals surface area contributed by atoms with Crippen molar-refractivity contribution >= 4 is 32.9 Å². The van der Waals surface area contributed by atoms with Crippen molar-refractivity contribution in [2.45, 2.75) is 9.79 Å². The second-order valence-corrected chi connectivity index (χ2v) is 7.16. The summed E-state index contributed by atoms with van der Waals surface area (Å²) in [5.74, 6) is -4.24. The summed E-state index contributed by atoms with van der Waals surface area (Å²) in [4.78, 5) is 21.8. The molecule has 23 heavy (non-hydrogen) atoms. The number of benzene rings is 1. The number of ketones is 1. The predicted molar refractivity (Wildman–Crippen MR) is 78.8 cm³/mol. The SMILES string of the molecule is O=C(O)C(O)=CC(=O)c1cc(S(=O)(=O)c2ccc(F)cc2)cs1. The molecule has 0 aliphatic rings. The first-order valence-corrected chi connectivity index (χ1v) is 8.35. The molecule has 2 aromatic rings. The second kappa shape index (κ2) is 6.31. The van der Waals surface area contributed by atoms with Crippen LogP contribution in [0.4, 0.5) is 4.39 Å². The molecule has 0 aliphatic carbocycles. The van der Waals surface area contributed by atoms with E-state index in [0.29, 0.717) is 6.08 Å². The van der Waals surface area contributed by atoms with E-state index >= 15 is 0 Å². The molecular weight excluding hydrogens is 347 g/mol. The predicted octanol–water partition coefficient (Wildman–Crippen LogP) is 2.43. The number of thiophene rings is 1. The van der Waals surface area contributed by atoms with Crippen LogP contribution < -0.4 is 0 Å². The van der Waals surface area contributed by atoms with E-state index in [9.17, 15) is 22.4 Å². The number of aliphatic hydroxyl groups excluding tert-OH is 1. The van der Waals surface area contributed by atoms with Gasteiger partial charge in [0.05, 0.1) is 14.7 Å². The zero-order valence-electron chi connectivity index (χ0n) is 11.3. The molecule has 0 amide bonds. The monoisotopic (exact) mass is 356 g/mol. The van der Waals surface area contributed by atoms with E-state index in [1.165, 1.54) is 5.38 Å². The Kier molecular flexibility index (Phi) is 4.62. The molecule has 6 nitrogen and oxygen atoms in total. The van der Waals surface area contributed by atoms with Gasteiger partial charge < -0.3 is 10.2 Å². The Balaban J connectivity index is 2.35. The van der Waals surface area contributed by atoms with Gasteiger partial charge in [-0.3, -0.25) is 4.79 Å². The smallest absolute Gasteiger partial charge is 0.371 e. The van der Waals surface area contributed by atoms with Gasteiger partial charge in [0.15, 0.2) is 5.78 Å². The third-order valence-electron chi connectivity index (χ3n) is 2.74. The van der Waals surface area contributed by atoms with E-state index in [-0.39, 0.29) is 14.7 Å². The number of hydrogen-bond donors (Lipinski definition) is 2. The highest BCUT2D eigenvalue weighted by molar-refractivity contribution is 7.91. The average Bonchev–Trinajstić information content (AvgIpc) is 2.98. The Labute approximate surface area is 134 Å². The number of aliphatic hydroxyl groups is 1. The van der Waals surface area contributed by atoms with E-state index in [1.54, 1.807) is 0 Å². The van der Waals surface area contributed by atoms with Gasteiger partial charge in [-0.2, -0.15) is 0 Å². The minimum atomic E-state index is -3.92. The lowest BCUT2D eigenvalue weighted by Crippen LogP contribution is -2.03. The minimum absolute atomic E-state index is 0.0570. The molecule has 0 aliphatic heterocycles. The summed E-state index contributed by atoms with van der Waals surface area (Å²) in [6.07, 6.45) is 0.489. The topological polar surface area (TPSA) is 109 Å². The van der Waals surface area contributed by atoms with Crippen molar-refractivity contribution in [1.29, 1.82) is 0 Å². The number of allylic oxidation sites excluding steroid dienone is 1. The first-order valence-electron chi connectivity index (χ1n) is 5.99. The summed E-state index contributed by atoms with van der Waals surface area (Å²) < 4.78 is 37.5. The van der Waals surface area contributed by atoms with Gasteiger partial charge >= 0.3 is 5.97 Å². The first kappa shape index (κ1) is 16.8. The number of aliphatic carboxylic acids is 1. The lowest BCUT2D eigenvalue weighted by Gasteiger charge is -2.01.